The van der Waals surface area contributed by atoms with Gasteiger partial charge in [0.2, 0.25) is 0 Å². The van der Waals surface area contributed by atoms with E-state index in [2.05, 4.69) is 33.0 Å². The Kier molecular flexibility index (Phi) is 10.5. The topological polar surface area (TPSA) is 64.3 Å². The summed E-state index contributed by atoms with van der Waals surface area (Å²) in [4.78, 5) is 11.8. The number of hydrogen-bond donors (Lipinski definition) is 2. The molecule has 3 rings (SSSR count). The summed E-state index contributed by atoms with van der Waals surface area (Å²) in [5, 5.41) is 2.98. The first-order valence-electron chi connectivity index (χ1n) is 10.9. The first-order chi connectivity index (χ1) is 13.2. The zero-order chi connectivity index (χ0) is 20.6. The molecule has 29 heavy (non-hydrogen) atoms. The second-order valence-corrected chi connectivity index (χ2v) is 10.2. The molecule has 0 radical (unpaired) electrons. The lowest BCUT2D eigenvalue weighted by atomic mass is 9.75. The third kappa shape index (κ3) is 10.4. The maximum absolute atomic E-state index is 11.8. The number of nitrogens with two attached hydrogens (primary N) is 1. The molecule has 2 atom stereocenters. The van der Waals surface area contributed by atoms with E-state index in [0.717, 1.165) is 18.4 Å². The predicted octanol–water partition coefficient (Wildman–Crippen LogP) is 6.22. The fraction of sp³-hybridized carbons (Fsp3) is 0.708. The van der Waals surface area contributed by atoms with Crippen molar-refractivity contribution < 1.29 is 9.53 Å². The van der Waals surface area contributed by atoms with Gasteiger partial charge in [-0.15, -0.1) is 12.4 Å². The minimum absolute atomic E-state index is 0. The molecule has 0 spiro atoms. The summed E-state index contributed by atoms with van der Waals surface area (Å²) >= 11 is 0. The van der Waals surface area contributed by atoms with E-state index in [1.54, 1.807) is 0 Å². The van der Waals surface area contributed by atoms with E-state index < -0.39 is 0 Å². The van der Waals surface area contributed by atoms with Crippen LogP contribution in [0.1, 0.15) is 84.6 Å². The van der Waals surface area contributed by atoms with Crippen molar-refractivity contribution in [3.05, 3.63) is 35.9 Å². The van der Waals surface area contributed by atoms with Crippen molar-refractivity contribution in [2.75, 3.05) is 0 Å². The van der Waals surface area contributed by atoms with Crippen molar-refractivity contribution in [1.29, 1.82) is 0 Å². The van der Waals surface area contributed by atoms with Gasteiger partial charge < -0.3 is 15.8 Å². The van der Waals surface area contributed by atoms with E-state index >= 15 is 0 Å². The maximum atomic E-state index is 11.8. The normalized spacial score (nSPS) is 24.9. The van der Waals surface area contributed by atoms with Gasteiger partial charge in [0, 0.05) is 12.1 Å². The van der Waals surface area contributed by atoms with Crippen molar-refractivity contribution >= 4 is 18.5 Å². The van der Waals surface area contributed by atoms with Crippen molar-refractivity contribution in [3.8, 4) is 0 Å². The van der Waals surface area contributed by atoms with E-state index in [4.69, 9.17) is 10.5 Å². The third-order valence-corrected chi connectivity index (χ3v) is 5.98. The smallest absolute Gasteiger partial charge is 0.407 e. The van der Waals surface area contributed by atoms with Gasteiger partial charge in [-0.05, 0) is 54.9 Å². The van der Waals surface area contributed by atoms with Crippen LogP contribution >= 0.6 is 12.4 Å². The number of alkyl carbamates (subject to hydrolysis) is 1. The van der Waals surface area contributed by atoms with Gasteiger partial charge >= 0.3 is 6.09 Å². The number of carbonyl (C=O) groups excluding carboxylic acids is 1. The number of nitrogens with one attached hydrogen (secondary N) is 1. The highest BCUT2D eigenvalue weighted by atomic mass is 35.5. The minimum Gasteiger partial charge on any atom is -0.445 e. The number of hydrogen-bond acceptors (Lipinski definition) is 3. The van der Waals surface area contributed by atoms with Crippen LogP contribution in [0.2, 0.25) is 0 Å². The van der Waals surface area contributed by atoms with Gasteiger partial charge in [-0.25, -0.2) is 4.79 Å². The van der Waals surface area contributed by atoms with Gasteiger partial charge in [0.15, 0.2) is 0 Å². The van der Waals surface area contributed by atoms with Crippen LogP contribution in [0.4, 0.5) is 4.79 Å². The molecule has 1 aromatic rings. The molecule has 166 valence electrons. The van der Waals surface area contributed by atoms with E-state index in [-0.39, 0.29) is 24.5 Å². The molecule has 0 aromatic heterocycles. The van der Waals surface area contributed by atoms with Gasteiger partial charge in [-0.2, -0.15) is 0 Å². The molecule has 3 N–H and O–H groups in total. The van der Waals surface area contributed by atoms with Gasteiger partial charge in [0.1, 0.15) is 6.61 Å². The molecule has 2 aliphatic carbocycles. The lowest BCUT2D eigenvalue weighted by Crippen LogP contribution is -2.40. The Morgan fingerprint density at radius 3 is 2.14 bits per heavy atom. The molecule has 0 unspecified atom stereocenters. The molecule has 0 saturated heterocycles. The summed E-state index contributed by atoms with van der Waals surface area (Å²) in [5.41, 5.74) is 7.68. The number of ether oxygens (including phenoxy) is 1. The summed E-state index contributed by atoms with van der Waals surface area (Å²) in [6.07, 6.45) is 9.36. The Balaban J connectivity index is 0.000000355. The third-order valence-electron chi connectivity index (χ3n) is 5.98. The van der Waals surface area contributed by atoms with Crippen molar-refractivity contribution in [1.82, 2.24) is 5.32 Å². The molecular weight excluding hydrogens is 384 g/mol. The van der Waals surface area contributed by atoms with Crippen LogP contribution in [0, 0.1) is 10.8 Å². The highest BCUT2D eigenvalue weighted by Gasteiger charge is 2.29. The number of benzene rings is 1. The zero-order valence-corrected chi connectivity index (χ0v) is 19.5. The Morgan fingerprint density at radius 1 is 1.03 bits per heavy atom. The van der Waals surface area contributed by atoms with Gasteiger partial charge in [-0.3, -0.25) is 0 Å². The quantitative estimate of drug-likeness (QED) is 0.605. The average molecular weight is 425 g/mol. The van der Waals surface area contributed by atoms with Crippen molar-refractivity contribution in [2.45, 2.75) is 97.8 Å². The fourth-order valence-corrected chi connectivity index (χ4v) is 4.51. The largest absolute Gasteiger partial charge is 0.445 e. The van der Waals surface area contributed by atoms with Crippen LogP contribution in [-0.4, -0.2) is 18.2 Å². The second-order valence-electron chi connectivity index (χ2n) is 10.2. The van der Waals surface area contributed by atoms with Gasteiger partial charge in [0.25, 0.3) is 0 Å². The summed E-state index contributed by atoms with van der Waals surface area (Å²) in [5.74, 6) is 0. The predicted molar refractivity (Wildman–Crippen MR) is 123 cm³/mol. The molecule has 0 aliphatic heterocycles. The molecule has 0 heterocycles. The number of rotatable bonds is 3. The maximum Gasteiger partial charge on any atom is 0.407 e. The molecule has 0 bridgehead atoms. The number of halogens is 1. The molecular formula is C24H41ClN2O2. The Bertz CT molecular complexity index is 604. The lowest BCUT2D eigenvalue weighted by Gasteiger charge is -2.35. The number of carbonyl (C=O) groups is 1. The SMILES string of the molecule is CC1(C)CCC[C@H](N)C1.CC1(C)CCC[C@H](NC(=O)OCc2ccccc2)C1.Cl. The van der Waals surface area contributed by atoms with Crippen molar-refractivity contribution in [3.63, 3.8) is 0 Å². The summed E-state index contributed by atoms with van der Waals surface area (Å²) in [6.45, 7) is 9.48. The van der Waals surface area contributed by atoms with E-state index in [1.165, 1.54) is 38.5 Å². The van der Waals surface area contributed by atoms with Crippen LogP contribution in [0.25, 0.3) is 0 Å². The standard InChI is InChI=1S/C16H23NO2.C8H17N.ClH/c1-16(2)10-6-9-14(11-16)17-15(18)19-12-13-7-4-3-5-8-13;1-8(2)5-3-4-7(9)6-8;/h3-5,7-8,14H,6,9-12H2,1-2H3,(H,17,18);7H,3-6,9H2,1-2H3;1H/t14-;7-;/m00./s1. The van der Waals surface area contributed by atoms with E-state index in [9.17, 15) is 4.79 Å². The van der Waals surface area contributed by atoms with Crippen LogP contribution in [0.3, 0.4) is 0 Å². The minimum atomic E-state index is -0.299. The molecule has 1 amide bonds. The molecule has 1 aromatic carbocycles. The second kappa shape index (κ2) is 11.8. The molecule has 2 aliphatic rings. The van der Waals surface area contributed by atoms with Crippen LogP contribution < -0.4 is 11.1 Å². The molecule has 4 nitrogen and oxygen atoms in total. The molecule has 5 heteroatoms. The lowest BCUT2D eigenvalue weighted by molar-refractivity contribution is 0.124. The number of amides is 1. The highest BCUT2D eigenvalue weighted by molar-refractivity contribution is 5.85. The fourth-order valence-electron chi connectivity index (χ4n) is 4.51. The van der Waals surface area contributed by atoms with Gasteiger partial charge in [0.05, 0.1) is 0 Å². The van der Waals surface area contributed by atoms with Crippen molar-refractivity contribution in [2.24, 2.45) is 16.6 Å². The molecule has 2 fully saturated rings. The Labute approximate surface area is 183 Å². The van der Waals surface area contributed by atoms with E-state index in [0.29, 0.717) is 23.5 Å². The first-order valence-corrected chi connectivity index (χ1v) is 10.9. The Morgan fingerprint density at radius 2 is 1.62 bits per heavy atom. The van der Waals surface area contributed by atoms with Crippen LogP contribution in [-0.2, 0) is 11.3 Å². The average Bonchev–Trinajstić information content (AvgIpc) is 2.59. The van der Waals surface area contributed by atoms with Crippen LogP contribution in [0.15, 0.2) is 30.3 Å². The summed E-state index contributed by atoms with van der Waals surface area (Å²) in [7, 11) is 0. The molecule has 2 saturated carbocycles. The summed E-state index contributed by atoms with van der Waals surface area (Å²) in [6, 6.07) is 10.5. The summed E-state index contributed by atoms with van der Waals surface area (Å²) < 4.78 is 5.25. The Hall–Kier alpha value is -1.26. The van der Waals surface area contributed by atoms with Crippen LogP contribution in [0.5, 0.6) is 0 Å². The van der Waals surface area contributed by atoms with E-state index in [1.807, 2.05) is 30.3 Å². The van der Waals surface area contributed by atoms with Gasteiger partial charge in [-0.1, -0.05) is 70.9 Å². The highest BCUT2D eigenvalue weighted by Crippen LogP contribution is 2.35. The first kappa shape index (κ1) is 25.8. The zero-order valence-electron chi connectivity index (χ0n) is 18.7. The monoisotopic (exact) mass is 424 g/mol.